The zero-order valence-electron chi connectivity index (χ0n) is 9.57. The second kappa shape index (κ2) is 5.72. The van der Waals surface area contributed by atoms with E-state index in [0.717, 1.165) is 13.2 Å². The topological polar surface area (TPSA) is 54.8 Å². The number of carbonyl (C=O) groups excluding carboxylic acids is 1. The number of pyridine rings is 1. The summed E-state index contributed by atoms with van der Waals surface area (Å²) in [6, 6.07) is 1.13. The van der Waals surface area contributed by atoms with Gasteiger partial charge in [0.2, 0.25) is 0 Å². The SMILES string of the molecule is COC(=O)c1nc(N=CN(C)C)c(Br)cc1F. The molecule has 5 nitrogen and oxygen atoms in total. The minimum absolute atomic E-state index is 0.209. The molecule has 7 heteroatoms. The standard InChI is InChI=1S/C10H11BrFN3O2/c1-15(2)5-13-9-6(11)4-7(12)8(14-9)10(16)17-3/h4-5H,1-3H3. The predicted molar refractivity (Wildman–Crippen MR) is 65.1 cm³/mol. The lowest BCUT2D eigenvalue weighted by Crippen LogP contribution is -2.09. The highest BCUT2D eigenvalue weighted by Gasteiger charge is 2.17. The maximum atomic E-state index is 13.4. The van der Waals surface area contributed by atoms with Crippen molar-refractivity contribution >= 4 is 34.1 Å². The van der Waals surface area contributed by atoms with E-state index in [2.05, 4.69) is 30.6 Å². The van der Waals surface area contributed by atoms with Crippen molar-refractivity contribution in [2.75, 3.05) is 21.2 Å². The Bertz CT molecular complexity index is 463. The van der Waals surface area contributed by atoms with E-state index in [0.29, 0.717) is 4.47 Å². The van der Waals surface area contributed by atoms with Crippen LogP contribution < -0.4 is 0 Å². The second-order valence-electron chi connectivity index (χ2n) is 3.32. The molecular weight excluding hydrogens is 293 g/mol. The molecule has 1 rings (SSSR count). The van der Waals surface area contributed by atoms with E-state index in [9.17, 15) is 9.18 Å². The number of ether oxygens (including phenoxy) is 1. The molecule has 0 aromatic carbocycles. The highest BCUT2D eigenvalue weighted by Crippen LogP contribution is 2.25. The first-order valence-corrected chi connectivity index (χ1v) is 5.40. The van der Waals surface area contributed by atoms with Gasteiger partial charge in [0.05, 0.1) is 17.9 Å². The number of nitrogens with zero attached hydrogens (tertiary/aromatic N) is 3. The average Bonchev–Trinajstić information content (AvgIpc) is 2.26. The van der Waals surface area contributed by atoms with E-state index >= 15 is 0 Å². The molecular formula is C10H11BrFN3O2. The van der Waals surface area contributed by atoms with Crippen LogP contribution in [0, 0.1) is 5.82 Å². The molecule has 1 aromatic heterocycles. The fourth-order valence-electron chi connectivity index (χ4n) is 0.957. The zero-order valence-corrected chi connectivity index (χ0v) is 11.2. The highest BCUT2D eigenvalue weighted by molar-refractivity contribution is 9.10. The van der Waals surface area contributed by atoms with E-state index in [4.69, 9.17) is 0 Å². The van der Waals surface area contributed by atoms with Crippen LogP contribution in [0.3, 0.4) is 0 Å². The largest absolute Gasteiger partial charge is 0.464 e. The van der Waals surface area contributed by atoms with Gasteiger partial charge in [-0.05, 0) is 22.0 Å². The van der Waals surface area contributed by atoms with Crippen LogP contribution >= 0.6 is 15.9 Å². The van der Waals surface area contributed by atoms with Crippen LogP contribution in [0.4, 0.5) is 10.2 Å². The van der Waals surface area contributed by atoms with Gasteiger partial charge in [-0.3, -0.25) is 0 Å². The fraction of sp³-hybridized carbons (Fsp3) is 0.300. The molecule has 0 fully saturated rings. The van der Waals surface area contributed by atoms with Crippen LogP contribution in [0.25, 0.3) is 0 Å². The lowest BCUT2D eigenvalue weighted by molar-refractivity contribution is 0.0588. The van der Waals surface area contributed by atoms with Gasteiger partial charge in [-0.15, -0.1) is 0 Å². The van der Waals surface area contributed by atoms with E-state index in [1.54, 1.807) is 19.0 Å². The van der Waals surface area contributed by atoms with Crippen molar-refractivity contribution in [2.45, 2.75) is 0 Å². The van der Waals surface area contributed by atoms with Crippen LogP contribution in [0.1, 0.15) is 10.5 Å². The first kappa shape index (κ1) is 13.6. The van der Waals surface area contributed by atoms with Crippen LogP contribution in [0.2, 0.25) is 0 Å². The van der Waals surface area contributed by atoms with Crippen LogP contribution in [-0.4, -0.2) is 43.4 Å². The maximum absolute atomic E-state index is 13.4. The fourth-order valence-corrected chi connectivity index (χ4v) is 1.35. The Morgan fingerprint density at radius 1 is 1.65 bits per heavy atom. The molecule has 92 valence electrons. The lowest BCUT2D eigenvalue weighted by atomic mass is 10.3. The Balaban J connectivity index is 3.19. The normalized spacial score (nSPS) is 10.6. The summed E-state index contributed by atoms with van der Waals surface area (Å²) in [6.07, 6.45) is 1.49. The molecule has 17 heavy (non-hydrogen) atoms. The average molecular weight is 304 g/mol. The monoisotopic (exact) mass is 303 g/mol. The number of hydrogen-bond donors (Lipinski definition) is 0. The van der Waals surface area contributed by atoms with Gasteiger partial charge < -0.3 is 9.64 Å². The Kier molecular flexibility index (Phi) is 4.56. The molecule has 0 saturated carbocycles. The summed E-state index contributed by atoms with van der Waals surface area (Å²) in [6.45, 7) is 0. The summed E-state index contributed by atoms with van der Waals surface area (Å²) in [5.41, 5.74) is -0.387. The Hall–Kier alpha value is -1.50. The van der Waals surface area contributed by atoms with Crippen molar-refractivity contribution in [3.05, 3.63) is 22.1 Å². The molecule has 0 aliphatic carbocycles. The van der Waals surface area contributed by atoms with Gasteiger partial charge >= 0.3 is 5.97 Å². The second-order valence-corrected chi connectivity index (χ2v) is 4.18. The number of aliphatic imine (C=N–C) groups is 1. The first-order valence-electron chi connectivity index (χ1n) is 4.60. The van der Waals surface area contributed by atoms with Crippen molar-refractivity contribution in [3.8, 4) is 0 Å². The third-order valence-electron chi connectivity index (χ3n) is 1.70. The van der Waals surface area contributed by atoms with Gasteiger partial charge in [-0.2, -0.15) is 0 Å². The molecule has 0 radical (unpaired) electrons. The number of halogens is 2. The molecule has 0 unspecified atom stereocenters. The Morgan fingerprint density at radius 2 is 2.29 bits per heavy atom. The number of carbonyl (C=O) groups is 1. The van der Waals surface area contributed by atoms with Crippen molar-refractivity contribution in [3.63, 3.8) is 0 Å². The van der Waals surface area contributed by atoms with E-state index in [-0.39, 0.29) is 11.5 Å². The molecule has 0 N–H and O–H groups in total. The quantitative estimate of drug-likeness (QED) is 0.487. The summed E-state index contributed by atoms with van der Waals surface area (Å²) in [5.74, 6) is -1.38. The summed E-state index contributed by atoms with van der Waals surface area (Å²) in [4.78, 5) is 20.7. The molecule has 0 atom stereocenters. The van der Waals surface area contributed by atoms with Crippen LogP contribution in [0.5, 0.6) is 0 Å². The number of methoxy groups -OCH3 is 1. The third-order valence-corrected chi connectivity index (χ3v) is 2.28. The molecule has 0 bridgehead atoms. The molecule has 1 aromatic rings. The lowest BCUT2D eigenvalue weighted by Gasteiger charge is -2.05. The third kappa shape index (κ3) is 3.48. The maximum Gasteiger partial charge on any atom is 0.359 e. The van der Waals surface area contributed by atoms with Crippen molar-refractivity contribution < 1.29 is 13.9 Å². The van der Waals surface area contributed by atoms with E-state index < -0.39 is 11.8 Å². The molecule has 0 aliphatic rings. The molecule has 0 saturated heterocycles. The number of hydrogen-bond acceptors (Lipinski definition) is 4. The number of rotatable bonds is 3. The van der Waals surface area contributed by atoms with Gasteiger partial charge in [0.15, 0.2) is 17.3 Å². The smallest absolute Gasteiger partial charge is 0.359 e. The number of esters is 1. The molecule has 1 heterocycles. The van der Waals surface area contributed by atoms with Crippen molar-refractivity contribution in [1.82, 2.24) is 9.88 Å². The van der Waals surface area contributed by atoms with Crippen molar-refractivity contribution in [2.24, 2.45) is 4.99 Å². The van der Waals surface area contributed by atoms with Gasteiger partial charge in [-0.1, -0.05) is 0 Å². The highest BCUT2D eigenvalue weighted by atomic mass is 79.9. The first-order chi connectivity index (χ1) is 7.95. The van der Waals surface area contributed by atoms with Crippen molar-refractivity contribution in [1.29, 1.82) is 0 Å². The van der Waals surface area contributed by atoms with Crippen LogP contribution in [-0.2, 0) is 4.74 Å². The minimum Gasteiger partial charge on any atom is -0.464 e. The Labute approximate surface area is 106 Å². The zero-order chi connectivity index (χ0) is 13.0. The summed E-state index contributed by atoms with van der Waals surface area (Å²) in [5, 5.41) is 0. The van der Waals surface area contributed by atoms with Gasteiger partial charge in [0.25, 0.3) is 0 Å². The molecule has 0 aliphatic heterocycles. The number of aromatic nitrogens is 1. The van der Waals surface area contributed by atoms with E-state index in [1.807, 2.05) is 0 Å². The predicted octanol–water partition coefficient (Wildman–Crippen LogP) is 1.99. The summed E-state index contributed by atoms with van der Waals surface area (Å²) < 4.78 is 18.2. The van der Waals surface area contributed by atoms with Gasteiger partial charge in [0, 0.05) is 14.1 Å². The molecule has 0 amide bonds. The van der Waals surface area contributed by atoms with Gasteiger partial charge in [-0.25, -0.2) is 19.2 Å². The Morgan fingerprint density at radius 3 is 2.82 bits per heavy atom. The van der Waals surface area contributed by atoms with E-state index in [1.165, 1.54) is 6.34 Å². The summed E-state index contributed by atoms with van der Waals surface area (Å²) in [7, 11) is 4.72. The minimum atomic E-state index is -0.837. The molecule has 0 spiro atoms. The summed E-state index contributed by atoms with van der Waals surface area (Å²) >= 11 is 3.12. The van der Waals surface area contributed by atoms with Gasteiger partial charge in [0.1, 0.15) is 0 Å². The van der Waals surface area contributed by atoms with Crippen LogP contribution in [0.15, 0.2) is 15.5 Å².